The number of imide groups is 1. The van der Waals surface area contributed by atoms with Crippen molar-refractivity contribution in [1.82, 2.24) is 4.90 Å². The maximum atomic E-state index is 12.2. The molecule has 0 atom stereocenters. The van der Waals surface area contributed by atoms with Crippen molar-refractivity contribution in [2.75, 3.05) is 18.2 Å². The predicted octanol–water partition coefficient (Wildman–Crippen LogP) is 1.89. The van der Waals surface area contributed by atoms with Crippen LogP contribution >= 0.6 is 0 Å². The first-order chi connectivity index (χ1) is 11.6. The van der Waals surface area contributed by atoms with Gasteiger partial charge in [-0.1, -0.05) is 6.42 Å². The Morgan fingerprint density at radius 3 is 2.38 bits per heavy atom. The summed E-state index contributed by atoms with van der Waals surface area (Å²) in [5.41, 5.74) is 0.917. The molecule has 1 aromatic rings. The third-order valence-corrected chi connectivity index (χ3v) is 4.44. The van der Waals surface area contributed by atoms with E-state index in [0.717, 1.165) is 30.6 Å². The van der Waals surface area contributed by atoms with E-state index >= 15 is 0 Å². The molecular weight excluding hydrogens is 312 g/mol. The Labute approximate surface area is 139 Å². The SMILES string of the molecule is O=C(OC1CCCCC1)c1ccc(N2CC(=O)N(CO)C2=O)cc1. The third-order valence-electron chi connectivity index (χ3n) is 4.44. The van der Waals surface area contributed by atoms with E-state index in [1.165, 1.54) is 11.3 Å². The molecule has 2 aliphatic rings. The number of carbonyl (C=O) groups is 3. The summed E-state index contributed by atoms with van der Waals surface area (Å²) in [6.07, 6.45) is 5.17. The van der Waals surface area contributed by atoms with Crippen LogP contribution in [-0.2, 0) is 9.53 Å². The van der Waals surface area contributed by atoms with Gasteiger partial charge in [0.2, 0.25) is 0 Å². The smallest absolute Gasteiger partial charge is 0.338 e. The summed E-state index contributed by atoms with van der Waals surface area (Å²) in [7, 11) is 0. The van der Waals surface area contributed by atoms with Gasteiger partial charge in [0.15, 0.2) is 0 Å². The molecule has 7 heteroatoms. The van der Waals surface area contributed by atoms with Gasteiger partial charge in [0.25, 0.3) is 5.91 Å². The Kier molecular flexibility index (Phi) is 4.80. The highest BCUT2D eigenvalue weighted by atomic mass is 16.5. The van der Waals surface area contributed by atoms with Crippen LogP contribution in [0.3, 0.4) is 0 Å². The maximum Gasteiger partial charge on any atom is 0.338 e. The molecule has 0 radical (unpaired) electrons. The van der Waals surface area contributed by atoms with Gasteiger partial charge in [-0.25, -0.2) is 14.5 Å². The predicted molar refractivity (Wildman–Crippen MR) is 85.4 cm³/mol. The van der Waals surface area contributed by atoms with E-state index in [1.807, 2.05) is 0 Å². The second-order valence-corrected chi connectivity index (χ2v) is 6.04. The minimum atomic E-state index is -0.639. The number of amides is 3. The Morgan fingerprint density at radius 2 is 1.79 bits per heavy atom. The molecule has 0 aromatic heterocycles. The number of esters is 1. The minimum Gasteiger partial charge on any atom is -0.459 e. The zero-order chi connectivity index (χ0) is 17.1. The van der Waals surface area contributed by atoms with Crippen molar-refractivity contribution in [2.24, 2.45) is 0 Å². The average molecular weight is 332 g/mol. The number of aliphatic hydroxyl groups excluding tert-OH is 1. The molecule has 1 saturated carbocycles. The number of benzene rings is 1. The van der Waals surface area contributed by atoms with Gasteiger partial charge in [0, 0.05) is 5.69 Å². The van der Waals surface area contributed by atoms with E-state index in [0.29, 0.717) is 11.3 Å². The highest BCUT2D eigenvalue weighted by molar-refractivity contribution is 6.12. The molecule has 7 nitrogen and oxygen atoms in total. The van der Waals surface area contributed by atoms with Crippen molar-refractivity contribution in [3.63, 3.8) is 0 Å². The van der Waals surface area contributed by atoms with E-state index in [1.54, 1.807) is 24.3 Å². The van der Waals surface area contributed by atoms with Crippen molar-refractivity contribution in [3.8, 4) is 0 Å². The molecule has 1 N–H and O–H groups in total. The molecule has 1 aliphatic carbocycles. The van der Waals surface area contributed by atoms with Crippen molar-refractivity contribution in [3.05, 3.63) is 29.8 Å². The maximum absolute atomic E-state index is 12.2. The minimum absolute atomic E-state index is 0.0122. The number of urea groups is 1. The van der Waals surface area contributed by atoms with Crippen molar-refractivity contribution in [1.29, 1.82) is 0 Å². The average Bonchev–Trinajstić information content (AvgIpc) is 2.89. The van der Waals surface area contributed by atoms with Crippen LogP contribution < -0.4 is 4.90 Å². The second-order valence-electron chi connectivity index (χ2n) is 6.04. The highest BCUT2D eigenvalue weighted by Crippen LogP contribution is 2.24. The molecule has 1 aromatic carbocycles. The summed E-state index contributed by atoms with van der Waals surface area (Å²) < 4.78 is 5.50. The van der Waals surface area contributed by atoms with Gasteiger partial charge in [0.05, 0.1) is 5.56 Å². The van der Waals surface area contributed by atoms with Gasteiger partial charge < -0.3 is 9.84 Å². The van der Waals surface area contributed by atoms with E-state index in [4.69, 9.17) is 9.84 Å². The lowest BCUT2D eigenvalue weighted by molar-refractivity contribution is -0.127. The van der Waals surface area contributed by atoms with Crippen LogP contribution in [0, 0.1) is 0 Å². The number of hydrogen-bond acceptors (Lipinski definition) is 5. The van der Waals surface area contributed by atoms with Gasteiger partial charge in [-0.3, -0.25) is 9.69 Å². The molecular formula is C17H20N2O5. The molecule has 1 aliphatic heterocycles. The first-order valence-electron chi connectivity index (χ1n) is 8.14. The van der Waals surface area contributed by atoms with Gasteiger partial charge >= 0.3 is 12.0 Å². The fourth-order valence-corrected chi connectivity index (χ4v) is 3.06. The molecule has 128 valence electrons. The number of nitrogens with zero attached hydrogens (tertiary/aromatic N) is 2. The fraction of sp³-hybridized carbons (Fsp3) is 0.471. The zero-order valence-corrected chi connectivity index (χ0v) is 13.3. The number of aliphatic hydroxyl groups is 1. The Hall–Kier alpha value is -2.41. The monoisotopic (exact) mass is 332 g/mol. The number of ether oxygens (including phenoxy) is 1. The Bertz CT molecular complexity index is 637. The largest absolute Gasteiger partial charge is 0.459 e. The molecule has 3 rings (SSSR count). The summed E-state index contributed by atoms with van der Waals surface area (Å²) >= 11 is 0. The lowest BCUT2D eigenvalue weighted by atomic mass is 9.98. The lowest BCUT2D eigenvalue weighted by Gasteiger charge is -2.22. The molecule has 0 spiro atoms. The molecule has 3 amide bonds. The quantitative estimate of drug-likeness (QED) is 0.672. The summed E-state index contributed by atoms with van der Waals surface area (Å²) in [4.78, 5) is 37.8. The highest BCUT2D eigenvalue weighted by Gasteiger charge is 2.36. The van der Waals surface area contributed by atoms with E-state index < -0.39 is 18.7 Å². The third kappa shape index (κ3) is 3.26. The van der Waals surface area contributed by atoms with Crippen LogP contribution in [0.4, 0.5) is 10.5 Å². The Morgan fingerprint density at radius 1 is 1.12 bits per heavy atom. The summed E-state index contributed by atoms with van der Waals surface area (Å²) in [6, 6.07) is 5.80. The van der Waals surface area contributed by atoms with E-state index in [2.05, 4.69) is 0 Å². The second kappa shape index (κ2) is 7.00. The standard InChI is InChI=1S/C17H20N2O5/c20-11-19-15(21)10-18(17(19)23)13-8-6-12(7-9-13)16(22)24-14-4-2-1-3-5-14/h6-9,14,20H,1-5,10-11H2. The fourth-order valence-electron chi connectivity index (χ4n) is 3.06. The van der Waals surface area contributed by atoms with Crippen molar-refractivity contribution < 1.29 is 24.2 Å². The van der Waals surface area contributed by atoms with Gasteiger partial charge in [-0.2, -0.15) is 0 Å². The van der Waals surface area contributed by atoms with Crippen LogP contribution in [0.2, 0.25) is 0 Å². The van der Waals surface area contributed by atoms with Crippen molar-refractivity contribution >= 4 is 23.6 Å². The summed E-state index contributed by atoms with van der Waals surface area (Å²) in [6.45, 7) is -0.759. The summed E-state index contributed by atoms with van der Waals surface area (Å²) in [5, 5.41) is 9.04. The first-order valence-corrected chi connectivity index (χ1v) is 8.14. The molecule has 0 bridgehead atoms. The van der Waals surface area contributed by atoms with Crippen LogP contribution in [0.5, 0.6) is 0 Å². The molecule has 0 unspecified atom stereocenters. The van der Waals surface area contributed by atoms with Crippen LogP contribution in [0.15, 0.2) is 24.3 Å². The zero-order valence-electron chi connectivity index (χ0n) is 13.3. The summed E-state index contributed by atoms with van der Waals surface area (Å²) in [5.74, 6) is -0.822. The van der Waals surface area contributed by atoms with Crippen molar-refractivity contribution in [2.45, 2.75) is 38.2 Å². The normalized spacial score (nSPS) is 19.0. The number of anilines is 1. The van der Waals surface area contributed by atoms with Gasteiger partial charge in [-0.05, 0) is 49.9 Å². The molecule has 1 heterocycles. The topological polar surface area (TPSA) is 87.2 Å². The van der Waals surface area contributed by atoms with Crippen LogP contribution in [0.1, 0.15) is 42.5 Å². The van der Waals surface area contributed by atoms with Crippen LogP contribution in [-0.4, -0.2) is 47.3 Å². The van der Waals surface area contributed by atoms with Gasteiger partial charge in [-0.15, -0.1) is 0 Å². The molecule has 2 fully saturated rings. The molecule has 1 saturated heterocycles. The number of rotatable bonds is 4. The Balaban J connectivity index is 1.66. The number of carbonyl (C=O) groups excluding carboxylic acids is 3. The molecule has 24 heavy (non-hydrogen) atoms. The number of hydrogen-bond donors (Lipinski definition) is 1. The van der Waals surface area contributed by atoms with Gasteiger partial charge in [0.1, 0.15) is 19.4 Å². The van der Waals surface area contributed by atoms with Crippen LogP contribution in [0.25, 0.3) is 0 Å². The lowest BCUT2D eigenvalue weighted by Crippen LogP contribution is -2.33. The van der Waals surface area contributed by atoms with E-state index in [9.17, 15) is 14.4 Å². The van der Waals surface area contributed by atoms with E-state index in [-0.39, 0.29) is 18.6 Å². The first kappa shape index (κ1) is 16.4.